The summed E-state index contributed by atoms with van der Waals surface area (Å²) in [5, 5.41) is 11.5. The summed E-state index contributed by atoms with van der Waals surface area (Å²) in [6.45, 7) is 1.20. The molecule has 534 valence electrons. The third-order valence-electron chi connectivity index (χ3n) is 18.4. The van der Waals surface area contributed by atoms with E-state index in [1.165, 1.54) is 0 Å². The van der Waals surface area contributed by atoms with Gasteiger partial charge in [0.15, 0.2) is 12.6 Å². The first-order valence-corrected chi connectivity index (χ1v) is 36.3. The van der Waals surface area contributed by atoms with Gasteiger partial charge in [0.25, 0.3) is 0 Å². The number of benzene rings is 10. The van der Waals surface area contributed by atoms with E-state index in [2.05, 4.69) is 36.4 Å². The van der Waals surface area contributed by atoms with Gasteiger partial charge in [-0.2, -0.15) is 0 Å². The molecule has 9 unspecified atom stereocenters. The Morgan fingerprint density at radius 1 is 0.223 bits per heavy atom. The van der Waals surface area contributed by atoms with Crippen molar-refractivity contribution in [2.75, 3.05) is 19.8 Å². The zero-order chi connectivity index (χ0) is 69.9. The van der Waals surface area contributed by atoms with Crippen LogP contribution in [0.2, 0.25) is 0 Å². The summed E-state index contributed by atoms with van der Waals surface area (Å²) in [5.41, 5.74) is 7.87. The second-order valence-electron chi connectivity index (χ2n) is 25.8. The van der Waals surface area contributed by atoms with E-state index in [4.69, 9.17) is 66.3 Å². The highest BCUT2D eigenvalue weighted by atomic mass is 32.2. The molecule has 3 saturated heterocycles. The van der Waals surface area contributed by atoms with E-state index >= 15 is 0 Å². The maximum Gasteiger partial charge on any atom is 0.187 e. The van der Waals surface area contributed by atoms with Crippen LogP contribution in [0.25, 0.3) is 0 Å². The van der Waals surface area contributed by atoms with Gasteiger partial charge in [0.2, 0.25) is 0 Å². The number of aliphatic hydroxyl groups excluding tert-OH is 1. The minimum atomic E-state index is -1.19. The van der Waals surface area contributed by atoms with E-state index in [0.29, 0.717) is 0 Å². The van der Waals surface area contributed by atoms with Crippen LogP contribution in [0.3, 0.4) is 0 Å². The molecule has 15 nitrogen and oxygen atoms in total. The molecule has 10 aromatic carbocycles. The Kier molecular flexibility index (Phi) is 27.9. The second-order valence-corrected chi connectivity index (χ2v) is 26.9. The van der Waals surface area contributed by atoms with E-state index in [-0.39, 0.29) is 72.7 Å². The van der Waals surface area contributed by atoms with Crippen molar-refractivity contribution < 1.29 is 71.4 Å². The lowest BCUT2D eigenvalue weighted by Gasteiger charge is -2.49. The first-order chi connectivity index (χ1) is 51.0. The van der Waals surface area contributed by atoms with Crippen LogP contribution < -0.4 is 0 Å². The van der Waals surface area contributed by atoms with Gasteiger partial charge in [-0.3, -0.25) is 0 Å². The lowest BCUT2D eigenvalue weighted by molar-refractivity contribution is -0.356. The zero-order valence-corrected chi connectivity index (χ0v) is 58.4. The van der Waals surface area contributed by atoms with Crippen molar-refractivity contribution in [3.8, 4) is 0 Å². The largest absolute Gasteiger partial charge is 0.394 e. The highest BCUT2D eigenvalue weighted by Gasteiger charge is 2.54. The Labute approximate surface area is 608 Å². The number of rotatable bonds is 36. The van der Waals surface area contributed by atoms with Gasteiger partial charge in [0.05, 0.1) is 79.3 Å². The maximum absolute atomic E-state index is 11.5. The number of thioether (sulfide) groups is 1. The van der Waals surface area contributed by atoms with Crippen LogP contribution in [-0.2, 0) is 126 Å². The summed E-state index contributed by atoms with van der Waals surface area (Å²) in [5.74, 6) is 0. The van der Waals surface area contributed by atoms with Crippen LogP contribution >= 0.6 is 11.8 Å². The fourth-order valence-electron chi connectivity index (χ4n) is 13.0. The number of hydrogen-bond donors (Lipinski definition) is 1. The first kappa shape index (κ1) is 73.3. The van der Waals surface area contributed by atoms with Gasteiger partial charge >= 0.3 is 0 Å². The highest BCUT2D eigenvalue weighted by Crippen LogP contribution is 2.41. The van der Waals surface area contributed by atoms with Crippen LogP contribution in [0.1, 0.15) is 50.1 Å². The molecule has 16 heteroatoms. The molecule has 0 spiro atoms. The SMILES string of the molecule is OCC1O[C@@H](OCC2O[C@@H](OCC3O[C@@H](Sc4ccccc4)C(OCc4ccccc4)C(OCc4ccccc4)[C@@H]3OCc3ccccc3)C(OCc3ccccc3)C(OCc3ccccc3)[C@@H]2OCc2ccccc2)C(OCc2ccccc2)C(OCc2ccccc2)[C@@H]1OCc1ccccc1. The van der Waals surface area contributed by atoms with Crippen molar-refractivity contribution >= 4 is 11.8 Å². The molecule has 3 aliphatic rings. The Bertz CT molecular complexity index is 3950. The minimum Gasteiger partial charge on any atom is -0.394 e. The van der Waals surface area contributed by atoms with Gasteiger partial charge in [0, 0.05) is 4.90 Å². The second kappa shape index (κ2) is 39.2. The lowest BCUT2D eigenvalue weighted by Crippen LogP contribution is -2.64. The molecule has 0 saturated carbocycles. The summed E-state index contributed by atoms with van der Waals surface area (Å²) in [6.07, 6.45) is -12.6. The normalized spacial score (nSPS) is 24.9. The monoisotopic (exact) mass is 1410 g/mol. The molecule has 3 fully saturated rings. The molecule has 15 atom stereocenters. The van der Waals surface area contributed by atoms with Crippen LogP contribution in [0.5, 0.6) is 0 Å². The molecule has 103 heavy (non-hydrogen) atoms. The topological polar surface area (TPSA) is 149 Å². The first-order valence-electron chi connectivity index (χ1n) is 35.5. The van der Waals surface area contributed by atoms with Gasteiger partial charge in [-0.05, 0) is 62.2 Å². The molecule has 0 bridgehead atoms. The molecule has 10 aromatic rings. The molecule has 3 heterocycles. The Morgan fingerprint density at radius 2 is 0.437 bits per heavy atom. The Balaban J connectivity index is 0.881. The van der Waals surface area contributed by atoms with E-state index in [1.54, 1.807) is 11.8 Å². The Morgan fingerprint density at radius 3 is 0.718 bits per heavy atom. The summed E-state index contributed by atoms with van der Waals surface area (Å²) in [7, 11) is 0. The van der Waals surface area contributed by atoms with E-state index in [9.17, 15) is 5.11 Å². The number of hydrogen-bond acceptors (Lipinski definition) is 16. The average Bonchev–Trinajstić information content (AvgIpc) is 0.835. The lowest BCUT2D eigenvalue weighted by atomic mass is 9.96. The molecular weight excluding hydrogens is 1320 g/mol. The molecule has 1 N–H and O–H groups in total. The molecule has 3 aliphatic heterocycles. The van der Waals surface area contributed by atoms with Crippen molar-refractivity contribution in [3.05, 3.63) is 353 Å². The summed E-state index contributed by atoms with van der Waals surface area (Å²) < 4.78 is 101. The van der Waals surface area contributed by atoms with Gasteiger partial charge in [-0.1, -0.05) is 303 Å². The van der Waals surface area contributed by atoms with Gasteiger partial charge in [0.1, 0.15) is 78.7 Å². The summed E-state index contributed by atoms with van der Waals surface area (Å²) >= 11 is 1.56. The van der Waals surface area contributed by atoms with Crippen molar-refractivity contribution in [1.29, 1.82) is 0 Å². The predicted molar refractivity (Wildman–Crippen MR) is 392 cm³/mol. The van der Waals surface area contributed by atoms with Crippen LogP contribution in [0.15, 0.2) is 308 Å². The Hall–Kier alpha value is -8.05. The number of aliphatic hydroxyl groups is 1. The third kappa shape index (κ3) is 21.3. The van der Waals surface area contributed by atoms with Crippen LogP contribution in [-0.4, -0.2) is 116 Å². The van der Waals surface area contributed by atoms with Gasteiger partial charge in [-0.15, -0.1) is 0 Å². The van der Waals surface area contributed by atoms with Crippen LogP contribution in [0, 0.1) is 0 Å². The predicted octanol–water partition coefficient (Wildman–Crippen LogP) is 15.2. The van der Waals surface area contributed by atoms with Crippen LogP contribution in [0.4, 0.5) is 0 Å². The minimum absolute atomic E-state index is 0.0869. The quantitative estimate of drug-likeness (QED) is 0.0396. The molecular formula is C87H90O15S. The molecule has 0 aromatic heterocycles. The van der Waals surface area contributed by atoms with Crippen molar-refractivity contribution in [2.45, 2.75) is 156 Å². The zero-order valence-electron chi connectivity index (χ0n) is 57.6. The molecule has 0 amide bonds. The fraction of sp³-hybridized carbons (Fsp3) is 0.310. The van der Waals surface area contributed by atoms with E-state index in [1.807, 2.05) is 267 Å². The average molecular weight is 1410 g/mol. The van der Waals surface area contributed by atoms with Crippen molar-refractivity contribution in [1.82, 2.24) is 0 Å². The molecule has 0 radical (unpaired) electrons. The van der Waals surface area contributed by atoms with Crippen molar-refractivity contribution in [2.24, 2.45) is 0 Å². The highest BCUT2D eigenvalue weighted by molar-refractivity contribution is 7.99. The van der Waals surface area contributed by atoms with Crippen molar-refractivity contribution in [3.63, 3.8) is 0 Å². The third-order valence-corrected chi connectivity index (χ3v) is 19.5. The number of ether oxygens (including phenoxy) is 14. The summed E-state index contributed by atoms with van der Waals surface area (Å²) in [4.78, 5) is 0.975. The fourth-order valence-corrected chi connectivity index (χ4v) is 14.2. The smallest absolute Gasteiger partial charge is 0.187 e. The van der Waals surface area contributed by atoms with Gasteiger partial charge in [-0.25, -0.2) is 0 Å². The van der Waals surface area contributed by atoms with E-state index in [0.717, 1.165) is 55.0 Å². The molecule has 0 aliphatic carbocycles. The maximum atomic E-state index is 11.5. The molecule has 13 rings (SSSR count). The standard InChI is InChI=1S/C87H90O15S/c88-51-73-76(89-52-63-31-11-1-12-32-63)79(92-55-66-37-17-4-18-38-66)82(95-58-69-43-23-7-24-44-69)85(100-73)98-61-74-77(90-53-64-33-13-2-14-34-64)80(93-56-67-39-19-5-20-40-67)83(96-59-70-45-25-8-26-46-70)86(101-74)99-62-75-78(91-54-65-35-15-3-16-36-65)81(94-57-68-41-21-6-22-42-68)84(97-60-71-47-27-9-28-48-71)87(102-75)103-72-49-29-10-30-50-72/h1-50,73-88H,51-62H2/t73?,74?,75?,76-,77-,78-,79?,80?,81?,82?,83?,84?,85-,86-,87+/m1/s1. The van der Waals surface area contributed by atoms with E-state index < -0.39 is 97.9 Å². The summed E-state index contributed by atoms with van der Waals surface area (Å²) in [6, 6.07) is 100. The van der Waals surface area contributed by atoms with Gasteiger partial charge < -0.3 is 71.4 Å².